The Morgan fingerprint density at radius 1 is 0.933 bits per heavy atom. The Morgan fingerprint density at radius 3 is 2.37 bits per heavy atom. The smallest absolute Gasteiger partial charge is 0.190 e. The van der Waals surface area contributed by atoms with Crippen LogP contribution in [0.1, 0.15) is 37.8 Å². The minimum Gasteiger partial charge on any atom is -0.368 e. The molecule has 3 aliphatic heterocycles. The molecule has 30 heavy (non-hydrogen) atoms. The van der Waals surface area contributed by atoms with E-state index < -0.39 is 5.79 Å². The van der Waals surface area contributed by atoms with Gasteiger partial charge in [0.05, 0.1) is 6.61 Å². The fourth-order valence-corrected chi connectivity index (χ4v) is 5.01. The fourth-order valence-electron chi connectivity index (χ4n) is 5.01. The summed E-state index contributed by atoms with van der Waals surface area (Å²) >= 11 is 0. The van der Waals surface area contributed by atoms with Crippen LogP contribution in [-0.4, -0.2) is 47.9 Å². The van der Waals surface area contributed by atoms with Gasteiger partial charge in [0.25, 0.3) is 0 Å². The van der Waals surface area contributed by atoms with Gasteiger partial charge in [0.2, 0.25) is 0 Å². The number of likely N-dealkylation sites (tertiary alicyclic amines) is 1. The highest BCUT2D eigenvalue weighted by Crippen LogP contribution is 2.42. The SMILES string of the molecule is CC1(C)O[C@H]2O[C@H]([C@H]3CCCN3Cc3ccccc3)[C@H](OCc3ccccc3)[C@H]2O1. The number of ether oxygens (including phenoxy) is 4. The van der Waals surface area contributed by atoms with E-state index in [4.69, 9.17) is 18.9 Å². The van der Waals surface area contributed by atoms with Gasteiger partial charge in [0.15, 0.2) is 12.1 Å². The van der Waals surface area contributed by atoms with E-state index in [2.05, 4.69) is 47.4 Å². The Kier molecular flexibility index (Phi) is 5.65. The lowest BCUT2D eigenvalue weighted by Gasteiger charge is -2.34. The third kappa shape index (κ3) is 4.18. The van der Waals surface area contributed by atoms with Crippen molar-refractivity contribution < 1.29 is 18.9 Å². The molecule has 3 saturated heterocycles. The molecule has 0 saturated carbocycles. The predicted octanol–water partition coefficient (Wildman–Crippen LogP) is 4.11. The highest BCUT2D eigenvalue weighted by Gasteiger charge is 2.58. The Bertz CT molecular complexity index is 828. The van der Waals surface area contributed by atoms with Gasteiger partial charge in [-0.25, -0.2) is 0 Å². The largest absolute Gasteiger partial charge is 0.368 e. The molecule has 0 aromatic heterocycles. The summed E-state index contributed by atoms with van der Waals surface area (Å²) < 4.78 is 25.2. The lowest BCUT2D eigenvalue weighted by molar-refractivity contribution is -0.225. The third-order valence-electron chi connectivity index (χ3n) is 6.33. The molecule has 3 heterocycles. The summed E-state index contributed by atoms with van der Waals surface area (Å²) in [5.74, 6) is -0.645. The van der Waals surface area contributed by atoms with Gasteiger partial charge < -0.3 is 18.9 Å². The van der Waals surface area contributed by atoms with E-state index in [0.29, 0.717) is 12.6 Å². The number of rotatable bonds is 6. The van der Waals surface area contributed by atoms with Gasteiger partial charge in [0, 0.05) is 12.6 Å². The van der Waals surface area contributed by atoms with Crippen LogP contribution in [0.3, 0.4) is 0 Å². The van der Waals surface area contributed by atoms with Crippen LogP contribution in [0.4, 0.5) is 0 Å². The molecule has 3 aliphatic rings. The summed E-state index contributed by atoms with van der Waals surface area (Å²) in [5, 5.41) is 0. The Hall–Kier alpha value is -1.76. The molecule has 0 N–H and O–H groups in total. The zero-order valence-electron chi connectivity index (χ0n) is 17.8. The highest BCUT2D eigenvalue weighted by molar-refractivity contribution is 5.16. The molecular weight excluding hydrogens is 378 g/mol. The maximum absolute atomic E-state index is 6.46. The molecule has 0 aliphatic carbocycles. The first-order valence-electron chi connectivity index (χ1n) is 11.0. The average Bonchev–Trinajstić information content (AvgIpc) is 3.40. The summed E-state index contributed by atoms with van der Waals surface area (Å²) in [7, 11) is 0. The average molecular weight is 410 g/mol. The minimum atomic E-state index is -0.645. The van der Waals surface area contributed by atoms with Crippen molar-refractivity contribution in [3.8, 4) is 0 Å². The van der Waals surface area contributed by atoms with Gasteiger partial charge in [-0.05, 0) is 44.4 Å². The van der Waals surface area contributed by atoms with E-state index in [-0.39, 0.29) is 24.6 Å². The Balaban J connectivity index is 1.34. The molecule has 160 valence electrons. The Labute approximate surface area is 178 Å². The first kappa shape index (κ1) is 20.2. The molecule has 0 unspecified atom stereocenters. The zero-order valence-corrected chi connectivity index (χ0v) is 17.8. The quantitative estimate of drug-likeness (QED) is 0.718. The van der Waals surface area contributed by atoms with Crippen LogP contribution < -0.4 is 0 Å². The van der Waals surface area contributed by atoms with Gasteiger partial charge in [-0.1, -0.05) is 60.7 Å². The monoisotopic (exact) mass is 409 g/mol. The maximum atomic E-state index is 6.46. The molecule has 5 nitrogen and oxygen atoms in total. The van der Waals surface area contributed by atoms with Crippen molar-refractivity contribution in [2.24, 2.45) is 0 Å². The highest BCUT2D eigenvalue weighted by atomic mass is 16.8. The Morgan fingerprint density at radius 2 is 1.63 bits per heavy atom. The molecule has 0 radical (unpaired) electrons. The first-order valence-corrected chi connectivity index (χ1v) is 11.0. The van der Waals surface area contributed by atoms with E-state index in [0.717, 1.165) is 25.1 Å². The van der Waals surface area contributed by atoms with E-state index in [1.165, 1.54) is 12.0 Å². The van der Waals surface area contributed by atoms with E-state index >= 15 is 0 Å². The fraction of sp³-hybridized carbons (Fsp3) is 0.520. The van der Waals surface area contributed by atoms with Crippen molar-refractivity contribution in [3.05, 3.63) is 71.8 Å². The maximum Gasteiger partial charge on any atom is 0.190 e. The van der Waals surface area contributed by atoms with Crippen LogP contribution in [0.5, 0.6) is 0 Å². The van der Waals surface area contributed by atoms with E-state index in [9.17, 15) is 0 Å². The van der Waals surface area contributed by atoms with Crippen molar-refractivity contribution in [2.75, 3.05) is 6.54 Å². The summed E-state index contributed by atoms with van der Waals surface area (Å²) in [4.78, 5) is 2.53. The van der Waals surface area contributed by atoms with Crippen molar-refractivity contribution in [2.45, 2.75) is 76.3 Å². The van der Waals surface area contributed by atoms with Crippen molar-refractivity contribution in [3.63, 3.8) is 0 Å². The van der Waals surface area contributed by atoms with Crippen LogP contribution >= 0.6 is 0 Å². The normalized spacial score (nSPS) is 33.1. The van der Waals surface area contributed by atoms with Crippen LogP contribution in [0.2, 0.25) is 0 Å². The summed E-state index contributed by atoms with van der Waals surface area (Å²) in [5.41, 5.74) is 2.49. The van der Waals surface area contributed by atoms with Crippen molar-refractivity contribution in [1.82, 2.24) is 4.90 Å². The standard InChI is InChI=1S/C25H31NO4/c1-25(2)29-23-22(27-17-19-12-7-4-8-13-19)21(28-24(23)30-25)20-14-9-15-26(20)16-18-10-5-3-6-11-18/h3-8,10-13,20-24H,9,14-17H2,1-2H3/t20-,21-,22+,23-,24-/m1/s1. The minimum absolute atomic E-state index is 0.0639. The number of hydrogen-bond acceptors (Lipinski definition) is 5. The molecule has 5 rings (SSSR count). The number of nitrogens with zero attached hydrogens (tertiary/aromatic N) is 1. The van der Waals surface area contributed by atoms with Gasteiger partial charge in [-0.3, -0.25) is 4.90 Å². The molecular formula is C25H31NO4. The molecule has 0 bridgehead atoms. The summed E-state index contributed by atoms with van der Waals surface area (Å²) in [6.45, 7) is 6.43. The molecule has 3 fully saturated rings. The molecule has 5 heteroatoms. The topological polar surface area (TPSA) is 40.2 Å². The number of benzene rings is 2. The summed E-state index contributed by atoms with van der Waals surface area (Å²) in [6.07, 6.45) is 1.49. The van der Waals surface area contributed by atoms with E-state index in [1.807, 2.05) is 32.0 Å². The number of fused-ring (bicyclic) bond motifs is 1. The lowest BCUT2D eigenvalue weighted by atomic mass is 10.0. The molecule has 5 atom stereocenters. The molecule has 2 aromatic carbocycles. The van der Waals surface area contributed by atoms with Crippen molar-refractivity contribution in [1.29, 1.82) is 0 Å². The lowest BCUT2D eigenvalue weighted by Crippen LogP contribution is -2.47. The van der Waals surface area contributed by atoms with Gasteiger partial charge >= 0.3 is 0 Å². The number of hydrogen-bond donors (Lipinski definition) is 0. The van der Waals surface area contributed by atoms with Crippen LogP contribution in [0.15, 0.2) is 60.7 Å². The van der Waals surface area contributed by atoms with Crippen LogP contribution in [0, 0.1) is 0 Å². The molecule has 0 amide bonds. The second-order valence-electron chi connectivity index (χ2n) is 9.00. The second-order valence-corrected chi connectivity index (χ2v) is 9.00. The van der Waals surface area contributed by atoms with Crippen LogP contribution in [-0.2, 0) is 32.1 Å². The van der Waals surface area contributed by atoms with Gasteiger partial charge in [0.1, 0.15) is 18.3 Å². The van der Waals surface area contributed by atoms with E-state index in [1.54, 1.807) is 0 Å². The zero-order chi connectivity index (χ0) is 20.6. The third-order valence-corrected chi connectivity index (χ3v) is 6.33. The second kappa shape index (κ2) is 8.40. The van der Waals surface area contributed by atoms with Crippen molar-refractivity contribution >= 4 is 0 Å². The molecule has 2 aromatic rings. The predicted molar refractivity (Wildman–Crippen MR) is 114 cm³/mol. The molecule has 0 spiro atoms. The van der Waals surface area contributed by atoms with Gasteiger partial charge in [-0.15, -0.1) is 0 Å². The van der Waals surface area contributed by atoms with Crippen LogP contribution in [0.25, 0.3) is 0 Å². The van der Waals surface area contributed by atoms with Gasteiger partial charge in [-0.2, -0.15) is 0 Å². The summed E-state index contributed by atoms with van der Waals surface area (Å²) in [6, 6.07) is 21.3. The first-order chi connectivity index (χ1) is 14.6.